The Morgan fingerprint density at radius 1 is 0.883 bits per heavy atom. The van der Waals surface area contributed by atoms with Crippen LogP contribution in [0.15, 0.2) is 77.4 Å². The number of allylic oxidation sites excluding steroid dienone is 1. The fourth-order valence-corrected chi connectivity index (χ4v) is 8.61. The first-order chi connectivity index (χ1) is 28.8. The molecule has 4 atom stereocenters. The Bertz CT molecular complexity index is 2080. The molecule has 0 saturated heterocycles. The summed E-state index contributed by atoms with van der Waals surface area (Å²) in [4.78, 5) is 57.9. The molecule has 15 heteroatoms. The van der Waals surface area contributed by atoms with Crippen LogP contribution >= 0.6 is 0 Å². The van der Waals surface area contributed by atoms with Crippen LogP contribution in [0.3, 0.4) is 0 Å². The zero-order valence-electron chi connectivity index (χ0n) is 35.3. The summed E-state index contributed by atoms with van der Waals surface area (Å²) in [6.07, 6.45) is 1.09. The van der Waals surface area contributed by atoms with Crippen molar-refractivity contribution < 1.29 is 56.2 Å². The summed E-state index contributed by atoms with van der Waals surface area (Å²) >= 11 is 0. The smallest absolute Gasteiger partial charge is 0.469 e. The molecule has 0 radical (unpaired) electrons. The highest BCUT2D eigenvalue weighted by molar-refractivity contribution is 6.55. The molecule has 0 fully saturated rings. The lowest BCUT2D eigenvalue weighted by atomic mass is 9.74. The molecule has 4 unspecified atom stereocenters. The second-order valence-electron chi connectivity index (χ2n) is 14.7. The summed E-state index contributed by atoms with van der Waals surface area (Å²) in [5.41, 5.74) is 4.34. The van der Waals surface area contributed by atoms with Gasteiger partial charge in [0.15, 0.2) is 0 Å². The Balaban J connectivity index is 1.65. The fourth-order valence-electron chi connectivity index (χ4n) is 7.44. The average molecular weight is 843 g/mol. The molecule has 3 aromatic carbocycles. The van der Waals surface area contributed by atoms with E-state index in [4.69, 9.17) is 31.9 Å². The number of carbonyl (C=O) groups is 4. The van der Waals surface area contributed by atoms with E-state index in [0.717, 1.165) is 16.7 Å². The lowest BCUT2D eigenvalue weighted by Crippen LogP contribution is -2.49. The van der Waals surface area contributed by atoms with E-state index < -0.39 is 56.1 Å². The van der Waals surface area contributed by atoms with E-state index in [1.807, 2.05) is 49.4 Å². The zero-order chi connectivity index (χ0) is 44.0. The summed E-state index contributed by atoms with van der Waals surface area (Å²) in [5.74, 6) is -4.19. The minimum absolute atomic E-state index is 0.0450. The quantitative estimate of drug-likeness (QED) is 0.0214. The predicted molar refractivity (Wildman–Crippen MR) is 224 cm³/mol. The molecule has 0 amide bonds. The Morgan fingerprint density at radius 2 is 1.53 bits per heavy atom. The third kappa shape index (κ3) is 10.8. The molecule has 1 N–H and O–H groups in total. The normalized spacial score (nSPS) is 15.2. The van der Waals surface area contributed by atoms with Crippen LogP contribution in [0.5, 0.6) is 0 Å². The Kier molecular flexibility index (Phi) is 17.0. The van der Waals surface area contributed by atoms with Gasteiger partial charge in [0.1, 0.15) is 18.4 Å². The van der Waals surface area contributed by atoms with E-state index in [1.165, 1.54) is 28.4 Å². The molecule has 60 heavy (non-hydrogen) atoms. The Morgan fingerprint density at radius 3 is 2.12 bits per heavy atom. The van der Waals surface area contributed by atoms with Gasteiger partial charge in [0.05, 0.1) is 36.5 Å². The first-order valence-corrected chi connectivity index (χ1v) is 21.3. The lowest BCUT2D eigenvalue weighted by molar-refractivity contribution is -0.156. The van der Waals surface area contributed by atoms with Crippen LogP contribution in [-0.4, -0.2) is 86.4 Å². The van der Waals surface area contributed by atoms with Crippen molar-refractivity contribution in [3.05, 3.63) is 100 Å². The number of methoxy groups -OCH3 is 1. The number of hydrogen-bond donors (Lipinski definition) is 1. The van der Waals surface area contributed by atoms with Gasteiger partial charge in [0.2, 0.25) is 0 Å². The SMILES string of the molecule is C=N/C(C#N)=C1/c2ccccc2-c2c(C(=O)OCc3ccc(C(CC(C)C(=O)OCCCO)CC(CC(C)(CC)C(=O)OC)C(=O)O[Si](OC)(OC)OC)cc3)cccc21. The number of fused-ring (bicyclic) bond motifs is 3. The molecular formula is C45H54N2O12Si. The summed E-state index contributed by atoms with van der Waals surface area (Å²) in [6, 6.07) is 22.1. The molecule has 4 rings (SSSR count). The molecule has 0 heterocycles. The number of esters is 3. The van der Waals surface area contributed by atoms with Crippen LogP contribution in [0, 0.1) is 28.6 Å². The highest BCUT2D eigenvalue weighted by Crippen LogP contribution is 2.47. The highest BCUT2D eigenvalue weighted by Gasteiger charge is 2.49. The van der Waals surface area contributed by atoms with Gasteiger partial charge in [-0.2, -0.15) is 5.26 Å². The van der Waals surface area contributed by atoms with Crippen molar-refractivity contribution in [3.63, 3.8) is 0 Å². The highest BCUT2D eigenvalue weighted by atomic mass is 28.4. The Hall–Kier alpha value is -5.50. The minimum Gasteiger partial charge on any atom is -0.469 e. The predicted octanol–water partition coefficient (Wildman–Crippen LogP) is 6.95. The molecule has 1 aliphatic carbocycles. The number of nitrogens with zero attached hydrogens (tertiary/aromatic N) is 2. The van der Waals surface area contributed by atoms with Crippen molar-refractivity contribution in [1.29, 1.82) is 5.26 Å². The molecule has 320 valence electrons. The van der Waals surface area contributed by atoms with E-state index in [1.54, 1.807) is 38.1 Å². The third-order valence-electron chi connectivity index (χ3n) is 11.0. The van der Waals surface area contributed by atoms with Gasteiger partial charge in [-0.15, -0.1) is 0 Å². The van der Waals surface area contributed by atoms with Crippen molar-refractivity contribution >= 4 is 45.2 Å². The summed E-state index contributed by atoms with van der Waals surface area (Å²) in [6.45, 7) is 8.71. The van der Waals surface area contributed by atoms with E-state index in [0.29, 0.717) is 40.7 Å². The first kappa shape index (κ1) is 47.2. The van der Waals surface area contributed by atoms with E-state index in [2.05, 4.69) is 17.8 Å². The molecule has 0 spiro atoms. The van der Waals surface area contributed by atoms with Gasteiger partial charge in [0.25, 0.3) is 5.97 Å². The number of ether oxygens (including phenoxy) is 3. The van der Waals surface area contributed by atoms with Crippen molar-refractivity contribution in [2.75, 3.05) is 41.7 Å². The second-order valence-corrected chi connectivity index (χ2v) is 17.2. The number of carbonyl (C=O) groups excluding carboxylic acids is 4. The Labute approximate surface area is 352 Å². The first-order valence-electron chi connectivity index (χ1n) is 19.6. The largest absolute Gasteiger partial charge is 0.750 e. The summed E-state index contributed by atoms with van der Waals surface area (Å²) < 4.78 is 38.3. The molecule has 3 aromatic rings. The van der Waals surface area contributed by atoms with Gasteiger partial charge < -0.3 is 37.0 Å². The standard InChI is InChI=1S/C45H54N2O12Si/c1-9-45(3,44(52)53-5)26-33(42(50)59-60(54-6,55-7)56-8)25-32(24-29(2)41(49)57-23-13-22-48)31-20-18-30(19-21-31)28-58-43(51)37-17-12-16-36-39(37)34-14-10-11-15-35(34)40(36)38(27-46)47-4/h10-12,14-21,29,32-33,48H,4,9,13,22-26,28H2,1-3,5-8H3/b40-38-. The van der Waals surface area contributed by atoms with E-state index in [9.17, 15) is 29.5 Å². The van der Waals surface area contributed by atoms with Crippen LogP contribution in [0.25, 0.3) is 16.7 Å². The van der Waals surface area contributed by atoms with E-state index >= 15 is 0 Å². The van der Waals surface area contributed by atoms with E-state index in [-0.39, 0.29) is 44.8 Å². The van der Waals surface area contributed by atoms with Gasteiger partial charge in [-0.1, -0.05) is 74.5 Å². The number of hydrogen-bond acceptors (Lipinski definition) is 14. The number of aliphatic imine (C=N–C) groups is 1. The molecule has 0 aliphatic heterocycles. The van der Waals surface area contributed by atoms with Crippen LogP contribution < -0.4 is 0 Å². The van der Waals surface area contributed by atoms with Gasteiger partial charge >= 0.3 is 27.0 Å². The zero-order valence-corrected chi connectivity index (χ0v) is 36.3. The molecular weight excluding hydrogens is 789 g/mol. The number of benzene rings is 3. The molecule has 1 aliphatic rings. The molecule has 0 bridgehead atoms. The van der Waals surface area contributed by atoms with Gasteiger partial charge in [-0.3, -0.25) is 19.4 Å². The van der Waals surface area contributed by atoms with Crippen LogP contribution in [0.4, 0.5) is 0 Å². The van der Waals surface area contributed by atoms with Crippen LogP contribution in [0.2, 0.25) is 0 Å². The van der Waals surface area contributed by atoms with Crippen molar-refractivity contribution in [1.82, 2.24) is 0 Å². The number of aliphatic hydroxyl groups is 1. The lowest BCUT2D eigenvalue weighted by Gasteiger charge is -2.33. The van der Waals surface area contributed by atoms with Crippen molar-refractivity contribution in [2.24, 2.45) is 22.2 Å². The maximum atomic E-state index is 14.1. The number of aliphatic hydroxyl groups excluding tert-OH is 1. The van der Waals surface area contributed by atoms with Crippen LogP contribution in [0.1, 0.15) is 91.4 Å². The van der Waals surface area contributed by atoms with Gasteiger partial charge in [-0.25, -0.2) is 4.79 Å². The minimum atomic E-state index is -3.87. The fraction of sp³-hybridized carbons (Fsp3) is 0.422. The monoisotopic (exact) mass is 842 g/mol. The third-order valence-corrected chi connectivity index (χ3v) is 12.9. The summed E-state index contributed by atoms with van der Waals surface area (Å²) in [7, 11) is 1.35. The van der Waals surface area contributed by atoms with Crippen molar-refractivity contribution in [3.8, 4) is 17.2 Å². The molecule has 0 saturated carbocycles. The van der Waals surface area contributed by atoms with Crippen LogP contribution in [-0.2, 0) is 52.9 Å². The maximum absolute atomic E-state index is 14.1. The molecule has 0 aromatic heterocycles. The van der Waals surface area contributed by atoms with Crippen molar-refractivity contribution in [2.45, 2.75) is 65.4 Å². The summed E-state index contributed by atoms with van der Waals surface area (Å²) in [5, 5.41) is 19.0. The second kappa shape index (κ2) is 21.7. The maximum Gasteiger partial charge on any atom is 0.750 e. The number of nitriles is 1. The number of rotatable bonds is 22. The van der Waals surface area contributed by atoms with Gasteiger partial charge in [0, 0.05) is 45.5 Å². The topological polar surface area (TPSA) is 189 Å². The average Bonchev–Trinajstić information content (AvgIpc) is 3.61. The van der Waals surface area contributed by atoms with Gasteiger partial charge in [-0.05, 0) is 79.1 Å². The molecule has 14 nitrogen and oxygen atoms in total.